The van der Waals surface area contributed by atoms with Gasteiger partial charge in [0.15, 0.2) is 0 Å². The van der Waals surface area contributed by atoms with Crippen LogP contribution in [0, 0.1) is 19.4 Å². The van der Waals surface area contributed by atoms with Crippen molar-refractivity contribution in [2.24, 2.45) is 5.92 Å². The Morgan fingerprint density at radius 2 is 1.83 bits per heavy atom. The zero-order chi connectivity index (χ0) is 17.5. The van der Waals surface area contributed by atoms with E-state index in [1.807, 2.05) is 13.8 Å². The fourth-order valence-electron chi connectivity index (χ4n) is 2.50. The minimum Gasteiger partial charge on any atom is -0.296 e. The summed E-state index contributed by atoms with van der Waals surface area (Å²) in [6, 6.07) is 6.74. The molecule has 1 aromatic rings. The number of sulfone groups is 1. The molecule has 0 aliphatic carbocycles. The van der Waals surface area contributed by atoms with Crippen LogP contribution in [0.1, 0.15) is 51.5 Å². The van der Waals surface area contributed by atoms with Crippen molar-refractivity contribution in [1.82, 2.24) is 0 Å². The molecule has 1 rings (SSSR count). The molecule has 126 valence electrons. The first-order chi connectivity index (χ1) is 10.8. The first-order valence-electron chi connectivity index (χ1n) is 8.09. The van der Waals surface area contributed by atoms with Crippen LogP contribution in [0.3, 0.4) is 0 Å². The van der Waals surface area contributed by atoms with Crippen molar-refractivity contribution in [3.05, 3.63) is 53.4 Å². The summed E-state index contributed by atoms with van der Waals surface area (Å²) in [4.78, 5) is 3.64. The van der Waals surface area contributed by atoms with Crippen LogP contribution in [0.2, 0.25) is 0 Å². The normalized spacial score (nSPS) is 14.0. The zero-order valence-corrected chi connectivity index (χ0v) is 15.2. The van der Waals surface area contributed by atoms with Crippen LogP contribution >= 0.6 is 0 Å². The molecular formula is C19H27NO2S. The number of nitrogens with zero attached hydrogens (tertiary/aromatic N) is 1. The first-order valence-corrected chi connectivity index (χ1v) is 9.63. The second-order valence-corrected chi connectivity index (χ2v) is 8.58. The Kier molecular flexibility index (Phi) is 7.51. The van der Waals surface area contributed by atoms with Crippen molar-refractivity contribution >= 4 is 9.84 Å². The molecule has 0 amide bonds. The van der Waals surface area contributed by atoms with E-state index in [1.54, 1.807) is 24.3 Å². The molecular weight excluding hydrogens is 306 g/mol. The van der Waals surface area contributed by atoms with E-state index in [9.17, 15) is 8.42 Å². The molecule has 4 heteroatoms. The lowest BCUT2D eigenvalue weighted by atomic mass is 9.97. The Bertz CT molecular complexity index is 654. The Labute approximate surface area is 141 Å². The van der Waals surface area contributed by atoms with Crippen LogP contribution in [0.5, 0.6) is 0 Å². The lowest BCUT2D eigenvalue weighted by Crippen LogP contribution is -2.19. The third-order valence-electron chi connectivity index (χ3n) is 4.06. The van der Waals surface area contributed by atoms with Crippen LogP contribution in [0.4, 0.5) is 0 Å². The van der Waals surface area contributed by atoms with Crippen molar-refractivity contribution in [3.63, 3.8) is 0 Å². The standard InChI is InChI=1S/C19H27NO2S/c1-15(2)7-6-8-16(3)11-14-19(20-5)23(21,22)18-12-9-17(4)10-13-18/h9-10,12-13,16,19H,1,6-8,11,14H2,2-4H3. The van der Waals surface area contributed by atoms with E-state index in [-0.39, 0.29) is 4.90 Å². The minimum atomic E-state index is -3.57. The molecule has 2 unspecified atom stereocenters. The quantitative estimate of drug-likeness (QED) is 0.461. The third-order valence-corrected chi connectivity index (χ3v) is 6.05. The summed E-state index contributed by atoms with van der Waals surface area (Å²) in [5.74, 6) is 0.423. The van der Waals surface area contributed by atoms with Crippen LogP contribution in [-0.4, -0.2) is 13.8 Å². The third kappa shape index (κ3) is 6.19. The summed E-state index contributed by atoms with van der Waals surface area (Å²) in [6.07, 6.45) is 4.28. The Balaban J connectivity index is 2.64. The van der Waals surface area contributed by atoms with E-state index in [4.69, 9.17) is 6.57 Å². The van der Waals surface area contributed by atoms with Gasteiger partial charge in [-0.05, 0) is 51.2 Å². The van der Waals surface area contributed by atoms with Crippen molar-refractivity contribution < 1.29 is 8.42 Å². The van der Waals surface area contributed by atoms with Gasteiger partial charge in [-0.3, -0.25) is 4.85 Å². The molecule has 1 aromatic carbocycles. The Hall–Kier alpha value is -1.60. The maximum absolute atomic E-state index is 12.6. The Morgan fingerprint density at radius 1 is 1.22 bits per heavy atom. The van der Waals surface area contributed by atoms with Gasteiger partial charge < -0.3 is 0 Å². The van der Waals surface area contributed by atoms with Crippen LogP contribution in [0.25, 0.3) is 4.85 Å². The van der Waals surface area contributed by atoms with E-state index >= 15 is 0 Å². The van der Waals surface area contributed by atoms with Crippen molar-refractivity contribution in [3.8, 4) is 0 Å². The molecule has 2 atom stereocenters. The van der Waals surface area contributed by atoms with E-state index < -0.39 is 15.2 Å². The van der Waals surface area contributed by atoms with E-state index in [0.717, 1.165) is 31.2 Å². The number of rotatable bonds is 9. The van der Waals surface area contributed by atoms with Gasteiger partial charge >= 0.3 is 5.37 Å². The molecule has 0 aliphatic heterocycles. The van der Waals surface area contributed by atoms with Crippen molar-refractivity contribution in [2.45, 2.75) is 63.1 Å². The van der Waals surface area contributed by atoms with Gasteiger partial charge in [-0.1, -0.05) is 36.6 Å². The van der Waals surface area contributed by atoms with Gasteiger partial charge in [-0.25, -0.2) is 15.0 Å². The summed E-state index contributed by atoms with van der Waals surface area (Å²) in [6.45, 7) is 17.2. The van der Waals surface area contributed by atoms with Crippen LogP contribution in [0.15, 0.2) is 41.3 Å². The molecule has 0 heterocycles. The molecule has 0 bridgehead atoms. The van der Waals surface area contributed by atoms with Gasteiger partial charge in [-0.15, -0.1) is 6.58 Å². The molecule has 0 spiro atoms. The van der Waals surface area contributed by atoms with Crippen LogP contribution < -0.4 is 0 Å². The molecule has 0 fully saturated rings. The number of allylic oxidation sites excluding steroid dienone is 1. The van der Waals surface area contributed by atoms with Crippen LogP contribution in [-0.2, 0) is 9.84 Å². The van der Waals surface area contributed by atoms with E-state index in [1.165, 1.54) is 5.57 Å². The van der Waals surface area contributed by atoms with Gasteiger partial charge in [0, 0.05) is 6.42 Å². The second-order valence-electron chi connectivity index (χ2n) is 6.47. The number of hydrogen-bond acceptors (Lipinski definition) is 2. The lowest BCUT2D eigenvalue weighted by Gasteiger charge is -2.13. The number of aryl methyl sites for hydroxylation is 1. The molecule has 0 N–H and O–H groups in total. The zero-order valence-electron chi connectivity index (χ0n) is 14.4. The first kappa shape index (κ1) is 19.4. The minimum absolute atomic E-state index is 0.249. The molecule has 0 aliphatic rings. The molecule has 23 heavy (non-hydrogen) atoms. The molecule has 3 nitrogen and oxygen atoms in total. The monoisotopic (exact) mass is 333 g/mol. The highest BCUT2D eigenvalue weighted by molar-refractivity contribution is 7.92. The van der Waals surface area contributed by atoms with E-state index in [2.05, 4.69) is 18.3 Å². The van der Waals surface area contributed by atoms with Gasteiger partial charge in [0.2, 0.25) is 0 Å². The van der Waals surface area contributed by atoms with Gasteiger partial charge in [0.1, 0.15) is 0 Å². The average Bonchev–Trinajstić information content (AvgIpc) is 2.47. The number of benzene rings is 1. The SMILES string of the molecule is [C-]#[N+]C(CCC(C)CCCC(=C)C)S(=O)(=O)c1ccc(C)cc1. The Morgan fingerprint density at radius 3 is 2.35 bits per heavy atom. The molecule has 0 aromatic heterocycles. The van der Waals surface area contributed by atoms with Gasteiger partial charge in [-0.2, -0.15) is 0 Å². The smallest absolute Gasteiger partial charge is 0.296 e. The average molecular weight is 333 g/mol. The lowest BCUT2D eigenvalue weighted by molar-refractivity contribution is 0.458. The fraction of sp³-hybridized carbons (Fsp3) is 0.526. The topological polar surface area (TPSA) is 38.5 Å². The summed E-state index contributed by atoms with van der Waals surface area (Å²) >= 11 is 0. The highest BCUT2D eigenvalue weighted by Gasteiger charge is 2.32. The summed E-state index contributed by atoms with van der Waals surface area (Å²) < 4.78 is 25.1. The van der Waals surface area contributed by atoms with Crippen molar-refractivity contribution in [2.75, 3.05) is 0 Å². The summed E-state index contributed by atoms with van der Waals surface area (Å²) in [5, 5.41) is -0.978. The molecule has 0 saturated heterocycles. The van der Waals surface area contributed by atoms with Crippen molar-refractivity contribution in [1.29, 1.82) is 0 Å². The summed E-state index contributed by atoms with van der Waals surface area (Å²) in [5.41, 5.74) is 2.19. The maximum atomic E-state index is 12.6. The largest absolute Gasteiger partial charge is 0.325 e. The highest BCUT2D eigenvalue weighted by atomic mass is 32.2. The predicted octanol–water partition coefficient (Wildman–Crippen LogP) is 5.18. The van der Waals surface area contributed by atoms with Gasteiger partial charge in [0.05, 0.1) is 4.90 Å². The molecule has 0 saturated carbocycles. The van der Waals surface area contributed by atoms with E-state index in [0.29, 0.717) is 12.3 Å². The summed E-state index contributed by atoms with van der Waals surface area (Å²) in [7, 11) is -3.57. The van der Waals surface area contributed by atoms with Gasteiger partial charge in [0.25, 0.3) is 9.84 Å². The maximum Gasteiger partial charge on any atom is 0.325 e. The fourth-order valence-corrected chi connectivity index (χ4v) is 3.91. The predicted molar refractivity (Wildman–Crippen MR) is 95.8 cm³/mol. The number of hydrogen-bond donors (Lipinski definition) is 0. The second kappa shape index (κ2) is 8.88. The molecule has 0 radical (unpaired) electrons. The highest BCUT2D eigenvalue weighted by Crippen LogP contribution is 2.24.